The van der Waals surface area contributed by atoms with Gasteiger partial charge in [0.25, 0.3) is 0 Å². The Bertz CT molecular complexity index is 516. The maximum atomic E-state index is 5.67. The van der Waals surface area contributed by atoms with Crippen LogP contribution in [0.3, 0.4) is 0 Å². The predicted octanol–water partition coefficient (Wildman–Crippen LogP) is 1.10. The Labute approximate surface area is 105 Å². The van der Waals surface area contributed by atoms with Gasteiger partial charge in [-0.2, -0.15) is 0 Å². The quantitative estimate of drug-likeness (QED) is 0.819. The van der Waals surface area contributed by atoms with Crippen molar-refractivity contribution in [2.45, 2.75) is 25.5 Å². The molecule has 2 N–H and O–H groups in total. The number of aromatic nitrogens is 4. The van der Waals surface area contributed by atoms with E-state index in [-0.39, 0.29) is 6.10 Å². The Kier molecular flexibility index (Phi) is 2.93. The number of tetrazole rings is 1. The average Bonchev–Trinajstić information content (AvgIpc) is 3.02. The lowest BCUT2D eigenvalue weighted by atomic mass is 10.2. The van der Waals surface area contributed by atoms with Crippen LogP contribution >= 0.6 is 0 Å². The van der Waals surface area contributed by atoms with Gasteiger partial charge in [-0.25, -0.2) is 4.68 Å². The molecule has 0 saturated carbocycles. The molecule has 0 bridgehead atoms. The molecule has 1 unspecified atom stereocenters. The van der Waals surface area contributed by atoms with Crippen LogP contribution in [0.1, 0.15) is 12.8 Å². The smallest absolute Gasteiger partial charge is 0.182 e. The van der Waals surface area contributed by atoms with Gasteiger partial charge in [-0.1, -0.05) is 0 Å². The summed E-state index contributed by atoms with van der Waals surface area (Å²) in [7, 11) is 0. The largest absolute Gasteiger partial charge is 0.399 e. The topological polar surface area (TPSA) is 78.9 Å². The number of benzene rings is 1. The zero-order valence-corrected chi connectivity index (χ0v) is 9.99. The molecule has 18 heavy (non-hydrogen) atoms. The summed E-state index contributed by atoms with van der Waals surface area (Å²) in [6.07, 6.45) is 2.41. The van der Waals surface area contributed by atoms with Crippen LogP contribution in [0, 0.1) is 0 Å². The van der Waals surface area contributed by atoms with Crippen molar-refractivity contribution >= 4 is 5.69 Å². The Morgan fingerprint density at radius 1 is 1.33 bits per heavy atom. The zero-order valence-electron chi connectivity index (χ0n) is 9.99. The summed E-state index contributed by atoms with van der Waals surface area (Å²) in [4.78, 5) is 0. The molecule has 1 aliphatic rings. The molecule has 1 atom stereocenters. The average molecular weight is 245 g/mol. The van der Waals surface area contributed by atoms with E-state index < -0.39 is 0 Å². The van der Waals surface area contributed by atoms with E-state index in [1.54, 1.807) is 4.68 Å². The van der Waals surface area contributed by atoms with Crippen molar-refractivity contribution in [3.63, 3.8) is 0 Å². The molecular formula is C12H15N5O. The van der Waals surface area contributed by atoms with Crippen LogP contribution in [0.5, 0.6) is 0 Å². The van der Waals surface area contributed by atoms with Crippen LogP contribution < -0.4 is 5.73 Å². The van der Waals surface area contributed by atoms with Gasteiger partial charge in [0.05, 0.1) is 12.6 Å². The summed E-state index contributed by atoms with van der Waals surface area (Å²) in [5.41, 5.74) is 7.37. The Hall–Kier alpha value is -1.95. The van der Waals surface area contributed by atoms with Gasteiger partial charge in [0.1, 0.15) is 0 Å². The molecule has 6 nitrogen and oxygen atoms in total. The molecule has 94 valence electrons. The second kappa shape index (κ2) is 4.73. The number of nitrogens with two attached hydrogens (primary N) is 1. The summed E-state index contributed by atoms with van der Waals surface area (Å²) < 4.78 is 7.39. The first-order valence-electron chi connectivity index (χ1n) is 6.06. The van der Waals surface area contributed by atoms with Crippen molar-refractivity contribution in [2.75, 3.05) is 12.3 Å². The molecule has 1 saturated heterocycles. The van der Waals surface area contributed by atoms with Crippen LogP contribution in [0.15, 0.2) is 24.3 Å². The Morgan fingerprint density at radius 3 is 2.89 bits per heavy atom. The van der Waals surface area contributed by atoms with Gasteiger partial charge in [-0.05, 0) is 47.5 Å². The van der Waals surface area contributed by atoms with E-state index in [9.17, 15) is 0 Å². The van der Waals surface area contributed by atoms with Gasteiger partial charge in [-0.15, -0.1) is 5.10 Å². The zero-order chi connectivity index (χ0) is 12.4. The van der Waals surface area contributed by atoms with Crippen LogP contribution in [0.4, 0.5) is 5.69 Å². The third-order valence-corrected chi connectivity index (χ3v) is 3.10. The van der Waals surface area contributed by atoms with Crippen LogP contribution in [0.2, 0.25) is 0 Å². The molecule has 0 amide bonds. The van der Waals surface area contributed by atoms with Crippen molar-refractivity contribution in [3.8, 4) is 11.4 Å². The van der Waals surface area contributed by atoms with E-state index in [4.69, 9.17) is 10.5 Å². The summed E-state index contributed by atoms with van der Waals surface area (Å²) in [5.74, 6) is 0.755. The van der Waals surface area contributed by atoms with Crippen LogP contribution in [0.25, 0.3) is 11.4 Å². The SMILES string of the molecule is Nc1ccc(-c2nnnn2CC2CCCO2)cc1. The fourth-order valence-electron chi connectivity index (χ4n) is 2.15. The first kappa shape index (κ1) is 11.2. The first-order valence-corrected chi connectivity index (χ1v) is 6.06. The van der Waals surface area contributed by atoms with E-state index in [2.05, 4.69) is 15.5 Å². The maximum Gasteiger partial charge on any atom is 0.182 e. The number of nitrogens with zero attached hydrogens (tertiary/aromatic N) is 4. The number of anilines is 1. The van der Waals surface area contributed by atoms with Gasteiger partial charge in [0.2, 0.25) is 0 Å². The highest BCUT2D eigenvalue weighted by Gasteiger charge is 2.19. The lowest BCUT2D eigenvalue weighted by molar-refractivity contribution is 0.0939. The second-order valence-electron chi connectivity index (χ2n) is 4.44. The van der Waals surface area contributed by atoms with Gasteiger partial charge >= 0.3 is 0 Å². The third-order valence-electron chi connectivity index (χ3n) is 3.10. The Morgan fingerprint density at radius 2 is 2.17 bits per heavy atom. The highest BCUT2D eigenvalue weighted by atomic mass is 16.5. The normalized spacial score (nSPS) is 19.2. The van der Waals surface area contributed by atoms with Crippen molar-refractivity contribution in [2.24, 2.45) is 0 Å². The minimum Gasteiger partial charge on any atom is -0.399 e. The third kappa shape index (κ3) is 2.19. The fourth-order valence-corrected chi connectivity index (χ4v) is 2.15. The lowest BCUT2D eigenvalue weighted by Crippen LogP contribution is -2.17. The van der Waals surface area contributed by atoms with Crippen LogP contribution in [-0.4, -0.2) is 32.9 Å². The van der Waals surface area contributed by atoms with E-state index in [1.807, 2.05) is 24.3 Å². The summed E-state index contributed by atoms with van der Waals surface area (Å²) >= 11 is 0. The highest BCUT2D eigenvalue weighted by Crippen LogP contribution is 2.20. The summed E-state index contributed by atoms with van der Waals surface area (Å²) in [6.45, 7) is 1.54. The maximum absolute atomic E-state index is 5.67. The molecule has 6 heteroatoms. The number of hydrogen-bond donors (Lipinski definition) is 1. The monoisotopic (exact) mass is 245 g/mol. The lowest BCUT2D eigenvalue weighted by Gasteiger charge is -2.10. The molecule has 0 spiro atoms. The second-order valence-corrected chi connectivity index (χ2v) is 4.44. The molecule has 0 radical (unpaired) electrons. The van der Waals surface area contributed by atoms with E-state index in [0.29, 0.717) is 6.54 Å². The fraction of sp³-hybridized carbons (Fsp3) is 0.417. The van der Waals surface area contributed by atoms with Gasteiger partial charge in [0.15, 0.2) is 5.82 Å². The highest BCUT2D eigenvalue weighted by molar-refractivity contribution is 5.58. The van der Waals surface area contributed by atoms with Crippen molar-refractivity contribution in [1.82, 2.24) is 20.2 Å². The molecule has 1 aliphatic heterocycles. The van der Waals surface area contributed by atoms with Gasteiger partial charge < -0.3 is 10.5 Å². The molecular weight excluding hydrogens is 230 g/mol. The molecule has 2 aromatic rings. The Balaban J connectivity index is 1.84. The minimum absolute atomic E-state index is 0.223. The molecule has 3 rings (SSSR count). The summed E-state index contributed by atoms with van der Waals surface area (Å²) in [6, 6.07) is 7.54. The van der Waals surface area contributed by atoms with Crippen LogP contribution in [-0.2, 0) is 11.3 Å². The number of nitrogen functional groups attached to an aromatic ring is 1. The molecule has 2 heterocycles. The first-order chi connectivity index (χ1) is 8.83. The van der Waals surface area contributed by atoms with Crippen molar-refractivity contribution in [3.05, 3.63) is 24.3 Å². The number of rotatable bonds is 3. The molecule has 0 aliphatic carbocycles. The molecule has 1 aromatic heterocycles. The standard InChI is InChI=1S/C12H15N5O/c13-10-5-3-9(4-6-10)12-14-15-16-17(12)8-11-2-1-7-18-11/h3-6,11H,1-2,7-8,13H2. The van der Waals surface area contributed by atoms with E-state index in [1.165, 1.54) is 0 Å². The van der Waals surface area contributed by atoms with Crippen molar-refractivity contribution in [1.29, 1.82) is 0 Å². The predicted molar refractivity (Wildman–Crippen MR) is 66.6 cm³/mol. The molecule has 1 aromatic carbocycles. The summed E-state index contributed by atoms with van der Waals surface area (Å²) in [5, 5.41) is 11.8. The number of ether oxygens (including phenoxy) is 1. The number of hydrogen-bond acceptors (Lipinski definition) is 5. The minimum atomic E-state index is 0.223. The molecule has 1 fully saturated rings. The van der Waals surface area contributed by atoms with E-state index >= 15 is 0 Å². The van der Waals surface area contributed by atoms with Gasteiger partial charge in [0, 0.05) is 17.9 Å². The van der Waals surface area contributed by atoms with Gasteiger partial charge in [-0.3, -0.25) is 0 Å². The van der Waals surface area contributed by atoms with Crippen molar-refractivity contribution < 1.29 is 4.74 Å². The van der Waals surface area contributed by atoms with E-state index in [0.717, 1.165) is 36.5 Å².